The zero-order valence-corrected chi connectivity index (χ0v) is 9.67. The van der Waals surface area contributed by atoms with Crippen LogP contribution in [0.15, 0.2) is 11.5 Å². The van der Waals surface area contributed by atoms with Crippen molar-refractivity contribution in [3.8, 4) is 0 Å². The second kappa shape index (κ2) is 6.25. The number of hydrogen-bond acceptors (Lipinski definition) is 3. The molecule has 0 amide bonds. The van der Waals surface area contributed by atoms with E-state index >= 15 is 0 Å². The fourth-order valence-corrected chi connectivity index (χ4v) is 2.25. The molecule has 0 aromatic carbocycles. The van der Waals surface area contributed by atoms with Gasteiger partial charge in [-0.15, -0.1) is 0 Å². The van der Waals surface area contributed by atoms with Crippen LogP contribution in [0.2, 0.25) is 0 Å². The van der Waals surface area contributed by atoms with Crippen molar-refractivity contribution in [2.45, 2.75) is 44.6 Å². The first kappa shape index (κ1) is 12.7. The average molecular weight is 233 g/mol. The topological polar surface area (TPSA) is 66.4 Å². The van der Waals surface area contributed by atoms with E-state index in [0.29, 0.717) is 12.5 Å². The van der Waals surface area contributed by atoms with Gasteiger partial charge in [-0.2, -0.15) is 8.42 Å². The summed E-state index contributed by atoms with van der Waals surface area (Å²) in [7, 11) is -3.94. The fourth-order valence-electron chi connectivity index (χ4n) is 1.87. The number of nitrogens with one attached hydrogen (secondary N) is 1. The Morgan fingerprint density at radius 3 is 2.53 bits per heavy atom. The first-order valence-electron chi connectivity index (χ1n) is 5.45. The fraction of sp³-hybridized carbons (Fsp3) is 0.800. The van der Waals surface area contributed by atoms with E-state index in [1.165, 1.54) is 38.2 Å². The van der Waals surface area contributed by atoms with Crippen LogP contribution in [0.4, 0.5) is 0 Å². The van der Waals surface area contributed by atoms with Crippen LogP contribution in [0, 0.1) is 0 Å². The first-order valence-corrected chi connectivity index (χ1v) is 6.96. The Morgan fingerprint density at radius 2 is 1.93 bits per heavy atom. The Labute approximate surface area is 91.5 Å². The van der Waals surface area contributed by atoms with Crippen LogP contribution in [0.1, 0.15) is 38.5 Å². The van der Waals surface area contributed by atoms with Crippen molar-refractivity contribution >= 4 is 10.1 Å². The Balaban J connectivity index is 2.08. The lowest BCUT2D eigenvalue weighted by molar-refractivity contribution is 0.376. The van der Waals surface area contributed by atoms with E-state index in [4.69, 9.17) is 4.55 Å². The molecular weight excluding hydrogens is 214 g/mol. The SMILES string of the molecule is O=S(=O)(O)C=CCCNC1CCCCC1. The monoisotopic (exact) mass is 233 g/mol. The maximum atomic E-state index is 10.3. The van der Waals surface area contributed by atoms with Gasteiger partial charge < -0.3 is 5.32 Å². The molecule has 1 rings (SSSR count). The quantitative estimate of drug-likeness (QED) is 0.560. The average Bonchev–Trinajstić information content (AvgIpc) is 2.17. The summed E-state index contributed by atoms with van der Waals surface area (Å²) in [6, 6.07) is 0.595. The highest BCUT2D eigenvalue weighted by molar-refractivity contribution is 7.88. The van der Waals surface area contributed by atoms with Crippen LogP contribution in [0.3, 0.4) is 0 Å². The van der Waals surface area contributed by atoms with Gasteiger partial charge in [0.1, 0.15) is 0 Å². The smallest absolute Gasteiger partial charge is 0.287 e. The molecule has 0 saturated heterocycles. The van der Waals surface area contributed by atoms with Crippen LogP contribution < -0.4 is 5.32 Å². The molecule has 0 aromatic heterocycles. The lowest BCUT2D eigenvalue weighted by Gasteiger charge is -2.22. The van der Waals surface area contributed by atoms with E-state index in [1.54, 1.807) is 0 Å². The molecule has 0 heterocycles. The Kier molecular flexibility index (Phi) is 5.28. The molecule has 1 saturated carbocycles. The largest absolute Gasteiger partial charge is 0.314 e. The van der Waals surface area contributed by atoms with Crippen molar-refractivity contribution < 1.29 is 13.0 Å². The number of rotatable bonds is 5. The Hall–Kier alpha value is -0.390. The maximum Gasteiger partial charge on any atom is 0.287 e. The molecule has 0 atom stereocenters. The van der Waals surface area contributed by atoms with Crippen LogP contribution >= 0.6 is 0 Å². The Bertz CT molecular complexity index is 292. The molecule has 4 nitrogen and oxygen atoms in total. The molecule has 1 fully saturated rings. The van der Waals surface area contributed by atoms with Crippen molar-refractivity contribution in [2.24, 2.45) is 0 Å². The highest BCUT2D eigenvalue weighted by Gasteiger charge is 2.11. The zero-order chi connectivity index (χ0) is 11.1. The van der Waals surface area contributed by atoms with E-state index in [-0.39, 0.29) is 0 Å². The predicted molar refractivity (Wildman–Crippen MR) is 60.2 cm³/mol. The molecule has 1 aliphatic carbocycles. The van der Waals surface area contributed by atoms with Gasteiger partial charge in [0, 0.05) is 6.04 Å². The summed E-state index contributed by atoms with van der Waals surface area (Å²) in [6.45, 7) is 0.774. The molecule has 0 unspecified atom stereocenters. The summed E-state index contributed by atoms with van der Waals surface area (Å²) in [4.78, 5) is 0. The lowest BCUT2D eigenvalue weighted by Crippen LogP contribution is -2.31. The third-order valence-electron chi connectivity index (χ3n) is 2.62. The highest BCUT2D eigenvalue weighted by atomic mass is 32.2. The molecule has 5 heteroatoms. The maximum absolute atomic E-state index is 10.3. The van der Waals surface area contributed by atoms with Crippen molar-refractivity contribution in [3.63, 3.8) is 0 Å². The zero-order valence-electron chi connectivity index (χ0n) is 8.85. The standard InChI is InChI=1S/C10H19NO3S/c12-15(13,14)9-5-4-8-11-10-6-2-1-3-7-10/h5,9-11H,1-4,6-8H2,(H,12,13,14). The van der Waals surface area contributed by atoms with Crippen molar-refractivity contribution in [1.82, 2.24) is 5.32 Å². The predicted octanol–water partition coefficient (Wildman–Crippen LogP) is 1.70. The van der Waals surface area contributed by atoms with Crippen molar-refractivity contribution in [3.05, 3.63) is 11.5 Å². The minimum atomic E-state index is -3.94. The van der Waals surface area contributed by atoms with Crippen LogP contribution in [-0.2, 0) is 10.1 Å². The third-order valence-corrected chi connectivity index (χ3v) is 3.15. The summed E-state index contributed by atoms with van der Waals surface area (Å²) in [6.07, 6.45) is 8.48. The van der Waals surface area contributed by atoms with E-state index in [1.807, 2.05) is 0 Å². The van der Waals surface area contributed by atoms with Gasteiger partial charge in [-0.05, 0) is 25.8 Å². The third kappa shape index (κ3) is 6.65. The van der Waals surface area contributed by atoms with Gasteiger partial charge in [0.2, 0.25) is 0 Å². The normalized spacial score (nSPS) is 19.8. The van der Waals surface area contributed by atoms with Gasteiger partial charge >= 0.3 is 0 Å². The molecule has 0 aromatic rings. The van der Waals surface area contributed by atoms with Crippen LogP contribution in [-0.4, -0.2) is 25.6 Å². The minimum absolute atomic E-state index is 0.595. The van der Waals surface area contributed by atoms with Crippen LogP contribution in [0.5, 0.6) is 0 Å². The van der Waals surface area contributed by atoms with Gasteiger partial charge in [-0.1, -0.05) is 25.3 Å². The van der Waals surface area contributed by atoms with Gasteiger partial charge in [-0.25, -0.2) is 0 Å². The molecule has 2 N–H and O–H groups in total. The summed E-state index contributed by atoms with van der Waals surface area (Å²) in [5.74, 6) is 0. The molecular formula is C10H19NO3S. The van der Waals surface area contributed by atoms with Gasteiger partial charge in [0.25, 0.3) is 10.1 Å². The second-order valence-corrected chi connectivity index (χ2v) is 5.27. The molecule has 0 radical (unpaired) electrons. The first-order chi connectivity index (χ1) is 7.08. The summed E-state index contributed by atoms with van der Waals surface area (Å²) < 4.78 is 29.1. The Morgan fingerprint density at radius 1 is 1.27 bits per heavy atom. The van der Waals surface area contributed by atoms with Gasteiger partial charge in [0.15, 0.2) is 0 Å². The van der Waals surface area contributed by atoms with Crippen molar-refractivity contribution in [1.29, 1.82) is 0 Å². The van der Waals surface area contributed by atoms with E-state index in [0.717, 1.165) is 12.0 Å². The van der Waals surface area contributed by atoms with E-state index in [2.05, 4.69) is 5.32 Å². The summed E-state index contributed by atoms with van der Waals surface area (Å²) >= 11 is 0. The minimum Gasteiger partial charge on any atom is -0.314 e. The molecule has 0 spiro atoms. The molecule has 1 aliphatic rings. The number of hydrogen-bond donors (Lipinski definition) is 2. The van der Waals surface area contributed by atoms with E-state index in [9.17, 15) is 8.42 Å². The van der Waals surface area contributed by atoms with Gasteiger partial charge in [0.05, 0.1) is 5.41 Å². The summed E-state index contributed by atoms with van der Waals surface area (Å²) in [5, 5.41) is 4.22. The molecule has 88 valence electrons. The highest BCUT2D eigenvalue weighted by Crippen LogP contribution is 2.17. The molecule has 0 aliphatic heterocycles. The van der Waals surface area contributed by atoms with E-state index < -0.39 is 10.1 Å². The van der Waals surface area contributed by atoms with Crippen molar-refractivity contribution in [2.75, 3.05) is 6.54 Å². The molecule has 0 bridgehead atoms. The lowest BCUT2D eigenvalue weighted by atomic mass is 9.95. The van der Waals surface area contributed by atoms with Crippen LogP contribution in [0.25, 0.3) is 0 Å². The summed E-state index contributed by atoms with van der Waals surface area (Å²) in [5.41, 5.74) is 0. The molecule has 15 heavy (non-hydrogen) atoms. The van der Waals surface area contributed by atoms with Gasteiger partial charge in [-0.3, -0.25) is 4.55 Å². The second-order valence-electron chi connectivity index (χ2n) is 3.96.